The largest absolute Gasteiger partial charge is 0.276 e. The monoisotopic (exact) mass is 379 g/mol. The molecule has 0 atom stereocenters. The molecule has 0 radical (unpaired) electrons. The molecule has 114 valence electrons. The number of nitrogens with zero attached hydrogens (tertiary/aromatic N) is 2. The Balaban J connectivity index is 2.50. The first-order valence-electron chi connectivity index (χ1n) is 5.81. The van der Waals surface area contributed by atoms with Crippen molar-refractivity contribution in [1.82, 2.24) is 9.78 Å². The van der Waals surface area contributed by atoms with Gasteiger partial charge in [-0.1, -0.05) is 0 Å². The fourth-order valence-corrected chi connectivity index (χ4v) is 3.75. The molecular weight excluding hydrogens is 368 g/mol. The zero-order valence-corrected chi connectivity index (χ0v) is 13.8. The molecule has 1 heterocycles. The van der Waals surface area contributed by atoms with E-state index in [4.69, 9.17) is 0 Å². The van der Waals surface area contributed by atoms with Crippen LogP contribution in [0.2, 0.25) is 0 Å². The van der Waals surface area contributed by atoms with E-state index >= 15 is 0 Å². The van der Waals surface area contributed by atoms with Gasteiger partial charge in [-0.05, 0) is 35.8 Å². The van der Waals surface area contributed by atoms with Crippen LogP contribution < -0.4 is 4.72 Å². The second-order valence-electron chi connectivity index (χ2n) is 4.48. The summed E-state index contributed by atoms with van der Waals surface area (Å²) in [7, 11) is -2.46. The van der Waals surface area contributed by atoms with E-state index in [1.165, 1.54) is 11.6 Å². The topological polar surface area (TPSA) is 64.0 Å². The van der Waals surface area contributed by atoms with E-state index in [2.05, 4.69) is 21.0 Å². The van der Waals surface area contributed by atoms with E-state index in [1.807, 2.05) is 4.72 Å². The molecule has 0 saturated carbocycles. The minimum atomic E-state index is -4.06. The first kappa shape index (κ1) is 15.9. The van der Waals surface area contributed by atoms with E-state index < -0.39 is 27.3 Å². The number of halogens is 3. The highest BCUT2D eigenvalue weighted by Gasteiger charge is 2.25. The van der Waals surface area contributed by atoms with E-state index in [0.29, 0.717) is 5.69 Å². The fourth-order valence-electron chi connectivity index (χ4n) is 1.94. The van der Waals surface area contributed by atoms with Crippen LogP contribution >= 0.6 is 15.9 Å². The van der Waals surface area contributed by atoms with Crippen LogP contribution in [0.4, 0.5) is 14.5 Å². The number of hydrogen-bond acceptors (Lipinski definition) is 3. The smallest absolute Gasteiger partial charge is 0.265 e. The minimum Gasteiger partial charge on any atom is -0.276 e. The molecule has 0 aliphatic heterocycles. The number of aryl methyl sites for hydroxylation is 2. The molecule has 1 N–H and O–H groups in total. The van der Waals surface area contributed by atoms with Gasteiger partial charge in [0.25, 0.3) is 10.0 Å². The Bertz CT molecular complexity index is 818. The number of aromatic nitrogens is 2. The average molecular weight is 380 g/mol. The molecule has 9 heteroatoms. The van der Waals surface area contributed by atoms with Crippen molar-refractivity contribution in [2.45, 2.75) is 18.7 Å². The Labute approximate surface area is 129 Å². The molecule has 1 aromatic carbocycles. The molecule has 0 fully saturated rings. The zero-order valence-electron chi connectivity index (χ0n) is 11.4. The molecule has 0 amide bonds. The van der Waals surface area contributed by atoms with Crippen LogP contribution in [0.3, 0.4) is 0 Å². The lowest BCUT2D eigenvalue weighted by Crippen LogP contribution is -2.16. The van der Waals surface area contributed by atoms with Crippen molar-refractivity contribution in [2.24, 2.45) is 7.05 Å². The maximum atomic E-state index is 13.7. The summed E-state index contributed by atoms with van der Waals surface area (Å²) in [6.07, 6.45) is 0. The van der Waals surface area contributed by atoms with E-state index in [-0.39, 0.29) is 15.1 Å². The van der Waals surface area contributed by atoms with Crippen LogP contribution in [0.5, 0.6) is 0 Å². The third kappa shape index (κ3) is 2.93. The van der Waals surface area contributed by atoms with Crippen LogP contribution in [-0.2, 0) is 17.1 Å². The molecule has 2 rings (SSSR count). The molecule has 2 aromatic rings. The maximum absolute atomic E-state index is 13.7. The molecule has 0 spiro atoms. The van der Waals surface area contributed by atoms with Gasteiger partial charge in [0, 0.05) is 13.1 Å². The van der Waals surface area contributed by atoms with E-state index in [1.54, 1.807) is 14.0 Å². The lowest BCUT2D eigenvalue weighted by Gasteiger charge is -2.10. The lowest BCUT2D eigenvalue weighted by molar-refractivity contribution is 0.591. The second-order valence-corrected chi connectivity index (χ2v) is 6.95. The molecule has 0 unspecified atom stereocenters. The Kier molecular flexibility index (Phi) is 4.07. The zero-order chi connectivity index (χ0) is 15.9. The third-order valence-corrected chi connectivity index (χ3v) is 5.19. The molecule has 0 aliphatic rings. The quantitative estimate of drug-likeness (QED) is 0.833. The lowest BCUT2D eigenvalue weighted by atomic mass is 10.3. The third-order valence-electron chi connectivity index (χ3n) is 2.97. The number of sulfonamides is 1. The van der Waals surface area contributed by atoms with Crippen molar-refractivity contribution in [3.8, 4) is 0 Å². The van der Waals surface area contributed by atoms with Gasteiger partial charge >= 0.3 is 0 Å². The van der Waals surface area contributed by atoms with Crippen LogP contribution in [0.1, 0.15) is 11.4 Å². The van der Waals surface area contributed by atoms with Crippen molar-refractivity contribution >= 4 is 31.6 Å². The number of rotatable bonds is 3. The van der Waals surface area contributed by atoms with Crippen LogP contribution in [0.15, 0.2) is 21.5 Å². The summed E-state index contributed by atoms with van der Waals surface area (Å²) in [4.78, 5) is -0.0484. The Hall–Kier alpha value is -1.48. The summed E-state index contributed by atoms with van der Waals surface area (Å²) in [5, 5.41) is 3.99. The van der Waals surface area contributed by atoms with Crippen LogP contribution in [0, 0.1) is 25.5 Å². The molecular formula is C12H12BrF2N3O2S. The number of anilines is 1. The normalized spacial score (nSPS) is 11.7. The summed E-state index contributed by atoms with van der Waals surface area (Å²) in [5.41, 5.74) is 0.219. The fraction of sp³-hybridized carbons (Fsp3) is 0.250. The summed E-state index contributed by atoms with van der Waals surface area (Å²) in [6, 6.07) is 1.63. The van der Waals surface area contributed by atoms with Gasteiger partial charge in [-0.3, -0.25) is 9.40 Å². The first-order chi connectivity index (χ1) is 9.63. The molecule has 21 heavy (non-hydrogen) atoms. The summed E-state index contributed by atoms with van der Waals surface area (Å²) in [5.74, 6) is -1.65. The molecule has 0 aliphatic carbocycles. The van der Waals surface area contributed by atoms with Crippen molar-refractivity contribution < 1.29 is 17.2 Å². The van der Waals surface area contributed by atoms with Gasteiger partial charge in [0.15, 0.2) is 0 Å². The van der Waals surface area contributed by atoms with E-state index in [0.717, 1.165) is 12.1 Å². The van der Waals surface area contributed by atoms with Crippen molar-refractivity contribution in [3.05, 3.63) is 39.6 Å². The molecule has 1 aromatic heterocycles. The Morgan fingerprint density at radius 1 is 1.24 bits per heavy atom. The van der Waals surface area contributed by atoms with Gasteiger partial charge < -0.3 is 0 Å². The first-order valence-corrected chi connectivity index (χ1v) is 8.08. The van der Waals surface area contributed by atoms with Crippen molar-refractivity contribution in [3.63, 3.8) is 0 Å². The Morgan fingerprint density at radius 3 is 2.38 bits per heavy atom. The van der Waals surface area contributed by atoms with Gasteiger partial charge in [-0.15, -0.1) is 0 Å². The van der Waals surface area contributed by atoms with Gasteiger partial charge in [0.2, 0.25) is 0 Å². The standard InChI is InChI=1S/C12H12BrF2N3O2S/c1-6-12(7(2)18(3)16-6)21(19,20)17-11-5-9(14)8(13)4-10(11)15/h4-5,17H,1-3H3. The van der Waals surface area contributed by atoms with Crippen LogP contribution in [-0.4, -0.2) is 18.2 Å². The van der Waals surface area contributed by atoms with Gasteiger partial charge in [0.05, 0.1) is 21.5 Å². The maximum Gasteiger partial charge on any atom is 0.265 e. The second kappa shape index (κ2) is 5.38. The number of nitrogens with one attached hydrogen (secondary N) is 1. The highest BCUT2D eigenvalue weighted by atomic mass is 79.9. The van der Waals surface area contributed by atoms with Crippen molar-refractivity contribution in [1.29, 1.82) is 0 Å². The molecule has 0 bridgehead atoms. The van der Waals surface area contributed by atoms with Crippen LogP contribution in [0.25, 0.3) is 0 Å². The SMILES string of the molecule is Cc1nn(C)c(C)c1S(=O)(=O)Nc1cc(F)c(Br)cc1F. The summed E-state index contributed by atoms with van der Waals surface area (Å²) in [6.45, 7) is 3.10. The van der Waals surface area contributed by atoms with E-state index in [9.17, 15) is 17.2 Å². The predicted molar refractivity (Wildman–Crippen MR) is 77.5 cm³/mol. The van der Waals surface area contributed by atoms with Crippen molar-refractivity contribution in [2.75, 3.05) is 4.72 Å². The summed E-state index contributed by atoms with van der Waals surface area (Å²) >= 11 is 2.83. The molecule has 5 nitrogen and oxygen atoms in total. The number of hydrogen-bond donors (Lipinski definition) is 1. The number of benzene rings is 1. The minimum absolute atomic E-state index is 0.0484. The highest BCUT2D eigenvalue weighted by Crippen LogP contribution is 2.27. The van der Waals surface area contributed by atoms with Gasteiger partial charge in [-0.25, -0.2) is 17.2 Å². The predicted octanol–water partition coefficient (Wildman–Crippen LogP) is 2.88. The van der Waals surface area contributed by atoms with Gasteiger partial charge in [0.1, 0.15) is 16.5 Å². The highest BCUT2D eigenvalue weighted by molar-refractivity contribution is 9.10. The summed E-state index contributed by atoms with van der Waals surface area (Å²) < 4.78 is 55.2. The average Bonchev–Trinajstić information content (AvgIpc) is 2.60. The van der Waals surface area contributed by atoms with Gasteiger partial charge in [-0.2, -0.15) is 5.10 Å². The Morgan fingerprint density at radius 2 is 1.86 bits per heavy atom. The molecule has 0 saturated heterocycles.